The number of thiazole rings is 1. The largest absolute Gasteiger partial charge is 0.481 e. The van der Waals surface area contributed by atoms with Gasteiger partial charge in [-0.05, 0) is 38.5 Å². The van der Waals surface area contributed by atoms with Crippen LogP contribution in [0, 0.1) is 0 Å². The Morgan fingerprint density at radius 3 is 2.95 bits per heavy atom. The van der Waals surface area contributed by atoms with Gasteiger partial charge < -0.3 is 10.4 Å². The highest BCUT2D eigenvalue weighted by atomic mass is 32.1. The third-order valence-electron chi connectivity index (χ3n) is 4.86. The van der Waals surface area contributed by atoms with Crippen molar-refractivity contribution in [3.8, 4) is 0 Å². The van der Waals surface area contributed by atoms with Crippen molar-refractivity contribution >= 4 is 22.4 Å². The fraction of sp³-hybridized carbons (Fsp3) is 0.733. The van der Waals surface area contributed by atoms with E-state index in [1.165, 1.54) is 30.7 Å². The summed E-state index contributed by atoms with van der Waals surface area (Å²) in [5, 5.41) is 13.8. The van der Waals surface area contributed by atoms with Gasteiger partial charge in [0.25, 0.3) is 0 Å². The van der Waals surface area contributed by atoms with Crippen LogP contribution in [0.25, 0.3) is 0 Å². The third kappa shape index (κ3) is 2.66. The van der Waals surface area contributed by atoms with Crippen molar-refractivity contribution in [2.45, 2.75) is 56.5 Å². The molecular formula is C15H21N3O2S. The van der Waals surface area contributed by atoms with Crippen LogP contribution in [0.3, 0.4) is 0 Å². The molecule has 2 fully saturated rings. The summed E-state index contributed by atoms with van der Waals surface area (Å²) in [4.78, 5) is 19.7. The molecule has 0 amide bonds. The van der Waals surface area contributed by atoms with Gasteiger partial charge in [-0.25, -0.2) is 4.98 Å². The first-order chi connectivity index (χ1) is 10.2. The summed E-state index contributed by atoms with van der Waals surface area (Å²) in [6, 6.07) is 1.30. The highest BCUT2D eigenvalue weighted by molar-refractivity contribution is 7.15. The van der Waals surface area contributed by atoms with E-state index in [9.17, 15) is 9.90 Å². The number of carboxylic acid groups (broad SMARTS) is 1. The van der Waals surface area contributed by atoms with Crippen LogP contribution in [-0.4, -0.2) is 46.1 Å². The number of aromatic nitrogens is 1. The number of hydrogen-bond acceptors (Lipinski definition) is 5. The summed E-state index contributed by atoms with van der Waals surface area (Å²) in [7, 11) is 0. The zero-order valence-corrected chi connectivity index (χ0v) is 12.9. The second-order valence-electron chi connectivity index (χ2n) is 6.47. The SMILES string of the molecule is O=C(O)C1CCCc2sc(NC3CCN(C4CC4)C3)nc21. The maximum Gasteiger partial charge on any atom is 0.312 e. The van der Waals surface area contributed by atoms with Crippen LogP contribution in [0.1, 0.15) is 48.6 Å². The summed E-state index contributed by atoms with van der Waals surface area (Å²) in [5.41, 5.74) is 0.818. The van der Waals surface area contributed by atoms with Crippen LogP contribution >= 0.6 is 11.3 Å². The lowest BCUT2D eigenvalue weighted by Gasteiger charge is -2.16. The normalized spacial score (nSPS) is 29.3. The molecule has 1 aromatic heterocycles. The molecule has 0 radical (unpaired) electrons. The van der Waals surface area contributed by atoms with Crippen molar-refractivity contribution in [2.24, 2.45) is 0 Å². The Morgan fingerprint density at radius 1 is 1.33 bits per heavy atom. The van der Waals surface area contributed by atoms with Gasteiger partial charge in [-0.15, -0.1) is 11.3 Å². The summed E-state index contributed by atoms with van der Waals surface area (Å²) >= 11 is 1.66. The Hall–Kier alpha value is -1.14. The monoisotopic (exact) mass is 307 g/mol. The third-order valence-corrected chi connectivity index (χ3v) is 5.93. The highest BCUT2D eigenvalue weighted by Gasteiger charge is 2.35. The number of carboxylic acids is 1. The summed E-state index contributed by atoms with van der Waals surface area (Å²) in [6.45, 7) is 2.29. The molecule has 1 saturated carbocycles. The van der Waals surface area contributed by atoms with Gasteiger partial charge in [-0.2, -0.15) is 0 Å². The van der Waals surface area contributed by atoms with E-state index >= 15 is 0 Å². The molecule has 5 nitrogen and oxygen atoms in total. The predicted octanol–water partition coefficient (Wildman–Crippen LogP) is 2.30. The second-order valence-corrected chi connectivity index (χ2v) is 7.55. The number of anilines is 1. The molecule has 6 heteroatoms. The average molecular weight is 307 g/mol. The molecule has 1 aliphatic heterocycles. The van der Waals surface area contributed by atoms with E-state index in [0.717, 1.165) is 42.7 Å². The van der Waals surface area contributed by atoms with Gasteiger partial charge in [0, 0.05) is 30.1 Å². The fourth-order valence-corrected chi connectivity index (χ4v) is 4.71. The number of carbonyl (C=O) groups is 1. The number of aryl methyl sites for hydroxylation is 1. The van der Waals surface area contributed by atoms with E-state index < -0.39 is 11.9 Å². The molecule has 2 heterocycles. The predicted molar refractivity (Wildman–Crippen MR) is 82.1 cm³/mol. The van der Waals surface area contributed by atoms with Gasteiger partial charge in [0.2, 0.25) is 0 Å². The molecule has 0 spiro atoms. The first-order valence-electron chi connectivity index (χ1n) is 7.93. The van der Waals surface area contributed by atoms with E-state index in [0.29, 0.717) is 6.04 Å². The van der Waals surface area contributed by atoms with Crippen molar-refractivity contribution < 1.29 is 9.90 Å². The number of nitrogens with one attached hydrogen (secondary N) is 1. The number of nitrogens with zero attached hydrogens (tertiary/aromatic N) is 2. The first-order valence-corrected chi connectivity index (χ1v) is 8.75. The van der Waals surface area contributed by atoms with Crippen LogP contribution in [0.4, 0.5) is 5.13 Å². The lowest BCUT2D eigenvalue weighted by atomic mass is 9.91. The van der Waals surface area contributed by atoms with E-state index in [1.807, 2.05) is 0 Å². The van der Waals surface area contributed by atoms with Crippen molar-refractivity contribution in [3.05, 3.63) is 10.6 Å². The maximum absolute atomic E-state index is 11.3. The Kier molecular flexibility index (Phi) is 3.38. The topological polar surface area (TPSA) is 65.5 Å². The Bertz CT molecular complexity index is 555. The van der Waals surface area contributed by atoms with Crippen molar-refractivity contribution in [3.63, 3.8) is 0 Å². The minimum atomic E-state index is -0.728. The van der Waals surface area contributed by atoms with Gasteiger partial charge in [0.1, 0.15) is 5.92 Å². The summed E-state index contributed by atoms with van der Waals surface area (Å²) in [5.74, 6) is -1.12. The minimum absolute atomic E-state index is 0.396. The molecule has 2 atom stereocenters. The summed E-state index contributed by atoms with van der Waals surface area (Å²) in [6.07, 6.45) is 6.56. The number of rotatable bonds is 4. The van der Waals surface area contributed by atoms with E-state index in [1.54, 1.807) is 11.3 Å². The van der Waals surface area contributed by atoms with Crippen LogP contribution < -0.4 is 5.32 Å². The van der Waals surface area contributed by atoms with Crippen LogP contribution in [0.2, 0.25) is 0 Å². The van der Waals surface area contributed by atoms with Crippen LogP contribution in [-0.2, 0) is 11.2 Å². The number of fused-ring (bicyclic) bond motifs is 1. The molecule has 114 valence electrons. The Balaban J connectivity index is 1.45. The highest BCUT2D eigenvalue weighted by Crippen LogP contribution is 2.37. The van der Waals surface area contributed by atoms with Gasteiger partial charge in [0.05, 0.1) is 5.69 Å². The van der Waals surface area contributed by atoms with Gasteiger partial charge in [-0.3, -0.25) is 9.69 Å². The van der Waals surface area contributed by atoms with Crippen LogP contribution in [0.15, 0.2) is 0 Å². The van der Waals surface area contributed by atoms with E-state index in [-0.39, 0.29) is 0 Å². The van der Waals surface area contributed by atoms with E-state index in [2.05, 4.69) is 15.2 Å². The molecule has 21 heavy (non-hydrogen) atoms. The molecule has 4 rings (SSSR count). The maximum atomic E-state index is 11.3. The van der Waals surface area contributed by atoms with Crippen molar-refractivity contribution in [1.29, 1.82) is 0 Å². The van der Waals surface area contributed by atoms with Gasteiger partial charge >= 0.3 is 5.97 Å². The first kappa shape index (κ1) is 13.5. The Morgan fingerprint density at radius 2 is 2.19 bits per heavy atom. The lowest BCUT2D eigenvalue weighted by molar-refractivity contribution is -0.139. The number of hydrogen-bond donors (Lipinski definition) is 2. The number of aliphatic carboxylic acids is 1. The molecular weight excluding hydrogens is 286 g/mol. The molecule has 1 aromatic rings. The Labute approximate surface area is 128 Å². The molecule has 2 aliphatic carbocycles. The summed E-state index contributed by atoms with van der Waals surface area (Å²) < 4.78 is 0. The van der Waals surface area contributed by atoms with Gasteiger partial charge in [0.15, 0.2) is 5.13 Å². The number of likely N-dealkylation sites (tertiary alicyclic amines) is 1. The average Bonchev–Trinajstić information content (AvgIpc) is 3.07. The molecule has 0 bridgehead atoms. The molecule has 2 N–H and O–H groups in total. The molecule has 0 aromatic carbocycles. The quantitative estimate of drug-likeness (QED) is 0.893. The molecule has 3 aliphatic rings. The van der Waals surface area contributed by atoms with Gasteiger partial charge in [-0.1, -0.05) is 0 Å². The minimum Gasteiger partial charge on any atom is -0.481 e. The van der Waals surface area contributed by atoms with Crippen molar-refractivity contribution in [1.82, 2.24) is 9.88 Å². The zero-order chi connectivity index (χ0) is 14.4. The standard InChI is InChI=1S/C15H21N3O2S/c19-14(20)11-2-1-3-12-13(11)17-15(21-12)16-9-6-7-18(8-9)10-4-5-10/h9-11H,1-8H2,(H,16,17)(H,19,20). The fourth-order valence-electron chi connectivity index (χ4n) is 3.57. The van der Waals surface area contributed by atoms with E-state index in [4.69, 9.17) is 0 Å². The second kappa shape index (κ2) is 5.25. The molecule has 2 unspecified atom stereocenters. The van der Waals surface area contributed by atoms with Crippen LogP contribution in [0.5, 0.6) is 0 Å². The lowest BCUT2D eigenvalue weighted by Crippen LogP contribution is -2.27. The van der Waals surface area contributed by atoms with Crippen molar-refractivity contribution in [2.75, 3.05) is 18.4 Å². The smallest absolute Gasteiger partial charge is 0.312 e. The zero-order valence-electron chi connectivity index (χ0n) is 12.0. The molecule has 1 saturated heterocycles.